The first-order valence-electron chi connectivity index (χ1n) is 11.5. The van der Waals surface area contributed by atoms with E-state index in [1.165, 1.54) is 11.3 Å². The molecule has 0 saturated heterocycles. The fraction of sp³-hybridized carbons (Fsp3) is 0.154. The summed E-state index contributed by atoms with van der Waals surface area (Å²) >= 11 is 1.24. The normalized spacial score (nSPS) is 16.6. The molecule has 6 rings (SSSR count). The third-order valence-electron chi connectivity index (χ3n) is 6.14. The second-order valence-corrected chi connectivity index (χ2v) is 9.69. The monoisotopic (exact) mass is 498 g/mol. The van der Waals surface area contributed by atoms with E-state index in [1.54, 1.807) is 29.4 Å². The number of nitrogens with two attached hydrogens (primary N) is 1. The van der Waals surface area contributed by atoms with Gasteiger partial charge in [0.1, 0.15) is 15.5 Å². The number of thiophene rings is 1. The first-order chi connectivity index (χ1) is 17.5. The van der Waals surface area contributed by atoms with Gasteiger partial charge in [0.05, 0.1) is 28.6 Å². The molecule has 0 spiro atoms. The number of ether oxygens (including phenoxy) is 1. The number of hydrogen-bond acceptors (Lipinski definition) is 7. The molecular weight excluding hydrogens is 476 g/mol. The van der Waals surface area contributed by atoms with E-state index in [-0.39, 0.29) is 18.0 Å². The maximum Gasteiger partial charge on any atom is 0.331 e. The third kappa shape index (κ3) is 3.86. The molecule has 3 amide bonds. The summed E-state index contributed by atoms with van der Waals surface area (Å²) < 4.78 is 5.84. The van der Waals surface area contributed by atoms with E-state index in [2.05, 4.69) is 20.6 Å². The van der Waals surface area contributed by atoms with E-state index in [1.807, 2.05) is 43.3 Å². The van der Waals surface area contributed by atoms with E-state index in [0.717, 1.165) is 17.7 Å². The molecule has 10 heteroatoms. The number of nitrogens with zero attached hydrogens (tertiary/aromatic N) is 3. The predicted molar refractivity (Wildman–Crippen MR) is 139 cm³/mol. The number of para-hydroxylation sites is 1. The lowest BCUT2D eigenvalue weighted by Gasteiger charge is -2.29. The third-order valence-corrected chi connectivity index (χ3v) is 7.24. The number of carbonyl (C=O) groups is 2. The second-order valence-electron chi connectivity index (χ2n) is 8.69. The number of anilines is 3. The van der Waals surface area contributed by atoms with Crippen LogP contribution in [0.15, 0.2) is 66.6 Å². The number of urea groups is 1. The molecule has 36 heavy (non-hydrogen) atoms. The highest BCUT2D eigenvalue weighted by atomic mass is 32.1. The summed E-state index contributed by atoms with van der Waals surface area (Å²) in [6.07, 6.45) is 6.53. The van der Waals surface area contributed by atoms with Crippen LogP contribution < -0.4 is 26.0 Å². The van der Waals surface area contributed by atoms with Gasteiger partial charge in [0.25, 0.3) is 5.91 Å². The zero-order valence-corrected chi connectivity index (χ0v) is 20.1. The minimum absolute atomic E-state index is 0.0175. The van der Waals surface area contributed by atoms with E-state index in [9.17, 15) is 9.59 Å². The van der Waals surface area contributed by atoms with Crippen molar-refractivity contribution in [2.45, 2.75) is 25.8 Å². The number of hydrogen-bond donors (Lipinski definition) is 3. The lowest BCUT2D eigenvalue weighted by molar-refractivity contribution is 0.0969. The Labute approximate surface area is 210 Å². The highest BCUT2D eigenvalue weighted by Crippen LogP contribution is 2.46. The van der Waals surface area contributed by atoms with Crippen LogP contribution in [0.2, 0.25) is 0 Å². The Bertz CT molecular complexity index is 1550. The zero-order valence-electron chi connectivity index (χ0n) is 19.3. The molecule has 4 N–H and O–H groups in total. The highest BCUT2D eigenvalue weighted by Gasteiger charge is 2.33. The standard InChI is InChI=1S/C26H22N6O3S/c1-14-11-20(35-17-5-3-2-4-6-17)29-13-19(14)32-18-9-10-28-25-21(18)22(31-26(32)34)23(36-25)24(33)30-16-8-7-15(27)12-16/h2-6,8-11,13,15H,7,12,27H2,1H3,(H,30,33)(H,31,34)/t15-/m0/s1. The van der Waals surface area contributed by atoms with Crippen LogP contribution in [0.3, 0.4) is 0 Å². The molecule has 180 valence electrons. The van der Waals surface area contributed by atoms with Gasteiger partial charge < -0.3 is 21.1 Å². The van der Waals surface area contributed by atoms with Crippen LogP contribution in [0.1, 0.15) is 28.1 Å². The molecule has 4 aromatic rings. The van der Waals surface area contributed by atoms with Gasteiger partial charge in [0, 0.05) is 30.4 Å². The van der Waals surface area contributed by atoms with Crippen LogP contribution in [0.4, 0.5) is 21.9 Å². The summed E-state index contributed by atoms with van der Waals surface area (Å²) in [7, 11) is 0. The van der Waals surface area contributed by atoms with Crippen molar-refractivity contribution in [2.24, 2.45) is 5.73 Å². The first-order valence-corrected chi connectivity index (χ1v) is 12.3. The van der Waals surface area contributed by atoms with Crippen molar-refractivity contribution < 1.29 is 14.3 Å². The number of rotatable bonds is 5. The van der Waals surface area contributed by atoms with Crippen LogP contribution >= 0.6 is 11.3 Å². The van der Waals surface area contributed by atoms with Crippen molar-refractivity contribution in [1.82, 2.24) is 15.3 Å². The summed E-state index contributed by atoms with van der Waals surface area (Å²) in [5.41, 5.74) is 9.26. The topological polar surface area (TPSA) is 122 Å². The molecule has 1 aliphatic carbocycles. The van der Waals surface area contributed by atoms with Gasteiger partial charge in [0.15, 0.2) is 0 Å². The Hall–Kier alpha value is -4.28. The Kier molecular flexibility index (Phi) is 5.39. The van der Waals surface area contributed by atoms with Crippen molar-refractivity contribution in [1.29, 1.82) is 0 Å². The molecule has 4 heterocycles. The van der Waals surface area contributed by atoms with Crippen LogP contribution in [-0.2, 0) is 0 Å². The van der Waals surface area contributed by atoms with E-state index >= 15 is 0 Å². The number of benzene rings is 1. The number of pyridine rings is 2. The fourth-order valence-corrected chi connectivity index (χ4v) is 5.47. The molecule has 0 bridgehead atoms. The van der Waals surface area contributed by atoms with Gasteiger partial charge in [-0.1, -0.05) is 24.3 Å². The summed E-state index contributed by atoms with van der Waals surface area (Å²) in [6, 6.07) is 12.6. The zero-order chi connectivity index (χ0) is 24.8. The summed E-state index contributed by atoms with van der Waals surface area (Å²) in [5, 5.41) is 6.56. The number of aryl methyl sites for hydroxylation is 1. The number of amides is 3. The van der Waals surface area contributed by atoms with Crippen molar-refractivity contribution >= 4 is 50.6 Å². The molecule has 0 fully saturated rings. The first kappa shape index (κ1) is 22.2. The minimum Gasteiger partial charge on any atom is -0.439 e. The smallest absolute Gasteiger partial charge is 0.331 e. The van der Waals surface area contributed by atoms with Gasteiger partial charge in [-0.3, -0.25) is 9.69 Å². The second kappa shape index (κ2) is 8.74. The van der Waals surface area contributed by atoms with Gasteiger partial charge >= 0.3 is 6.03 Å². The fourth-order valence-electron chi connectivity index (χ4n) is 4.45. The van der Waals surface area contributed by atoms with Crippen LogP contribution in [0, 0.1) is 6.92 Å². The van der Waals surface area contributed by atoms with Crippen molar-refractivity contribution in [3.8, 4) is 11.6 Å². The van der Waals surface area contributed by atoms with Crippen molar-refractivity contribution in [3.63, 3.8) is 0 Å². The van der Waals surface area contributed by atoms with Gasteiger partial charge in [-0.15, -0.1) is 11.3 Å². The molecule has 1 aromatic carbocycles. The number of carbonyl (C=O) groups excluding carboxylic acids is 2. The average Bonchev–Trinajstić information content (AvgIpc) is 3.44. The molecule has 1 aliphatic heterocycles. The maximum absolute atomic E-state index is 13.4. The average molecular weight is 499 g/mol. The summed E-state index contributed by atoms with van der Waals surface area (Å²) in [4.78, 5) is 38.0. The molecular formula is C26H22N6O3S. The van der Waals surface area contributed by atoms with E-state index in [4.69, 9.17) is 10.5 Å². The minimum atomic E-state index is -0.383. The Morgan fingerprint density at radius 2 is 2.06 bits per heavy atom. The van der Waals surface area contributed by atoms with Crippen LogP contribution in [0.25, 0.3) is 10.2 Å². The van der Waals surface area contributed by atoms with E-state index < -0.39 is 0 Å². The predicted octanol–water partition coefficient (Wildman–Crippen LogP) is 5.21. The van der Waals surface area contributed by atoms with Crippen molar-refractivity contribution in [2.75, 3.05) is 10.2 Å². The summed E-state index contributed by atoms with van der Waals surface area (Å²) in [5.74, 6) is 0.817. The van der Waals surface area contributed by atoms with E-state index in [0.29, 0.717) is 50.2 Å². The molecule has 3 aromatic heterocycles. The van der Waals surface area contributed by atoms with Gasteiger partial charge in [-0.05, 0) is 37.1 Å². The highest BCUT2D eigenvalue weighted by molar-refractivity contribution is 7.21. The molecule has 9 nitrogen and oxygen atoms in total. The lowest BCUT2D eigenvalue weighted by Crippen LogP contribution is -2.35. The molecule has 2 aliphatic rings. The van der Waals surface area contributed by atoms with Crippen LogP contribution in [-0.4, -0.2) is 27.9 Å². The van der Waals surface area contributed by atoms with Gasteiger partial charge in [-0.25, -0.2) is 14.8 Å². The largest absolute Gasteiger partial charge is 0.439 e. The van der Waals surface area contributed by atoms with Crippen LogP contribution in [0.5, 0.6) is 11.6 Å². The Morgan fingerprint density at radius 1 is 1.22 bits per heavy atom. The van der Waals surface area contributed by atoms with Crippen molar-refractivity contribution in [3.05, 3.63) is 77.1 Å². The quantitative estimate of drug-likeness (QED) is 0.347. The lowest BCUT2D eigenvalue weighted by atomic mass is 10.1. The maximum atomic E-state index is 13.4. The SMILES string of the molecule is Cc1cc(Oc2ccccc2)ncc1N1C(=O)Nc2c(C(=O)NC3=CC[C@H](N)C3)sc3nccc1c23. The van der Waals surface area contributed by atoms with Gasteiger partial charge in [0.2, 0.25) is 5.88 Å². The summed E-state index contributed by atoms with van der Waals surface area (Å²) in [6.45, 7) is 1.89. The molecule has 0 saturated carbocycles. The molecule has 0 unspecified atom stereocenters. The Balaban J connectivity index is 1.35. The number of aromatic nitrogens is 2. The number of nitrogens with one attached hydrogen (secondary N) is 2. The molecule has 1 atom stereocenters. The Morgan fingerprint density at radius 3 is 2.81 bits per heavy atom. The molecule has 0 radical (unpaired) electrons. The van der Waals surface area contributed by atoms with Gasteiger partial charge in [-0.2, -0.15) is 0 Å².